The number of unbranched alkanes of at least 4 members (excludes halogenated alkanes) is 2. The van der Waals surface area contributed by atoms with Gasteiger partial charge in [0.25, 0.3) is 0 Å². The summed E-state index contributed by atoms with van der Waals surface area (Å²) in [5.74, 6) is 0. The highest BCUT2D eigenvalue weighted by Gasteiger charge is 2.01. The number of alkyl halides is 1. The van der Waals surface area contributed by atoms with Crippen molar-refractivity contribution >= 4 is 22.6 Å². The van der Waals surface area contributed by atoms with Crippen molar-refractivity contribution in [2.75, 3.05) is 6.61 Å². The summed E-state index contributed by atoms with van der Waals surface area (Å²) in [5.41, 5.74) is 1.10. The van der Waals surface area contributed by atoms with E-state index >= 15 is 0 Å². The van der Waals surface area contributed by atoms with E-state index in [4.69, 9.17) is 4.74 Å². The van der Waals surface area contributed by atoms with E-state index in [1.807, 2.05) is 4.68 Å². The molecule has 0 aromatic carbocycles. The van der Waals surface area contributed by atoms with Crippen LogP contribution < -0.4 is 0 Å². The van der Waals surface area contributed by atoms with Gasteiger partial charge in [-0.2, -0.15) is 0 Å². The summed E-state index contributed by atoms with van der Waals surface area (Å²) in [6.45, 7) is 6.07. The lowest BCUT2D eigenvalue weighted by Crippen LogP contribution is -2.01. The monoisotopic (exact) mass is 351 g/mol. The van der Waals surface area contributed by atoms with Crippen molar-refractivity contribution in [3.63, 3.8) is 0 Å². The molecule has 0 fully saturated rings. The zero-order valence-electron chi connectivity index (χ0n) is 10.7. The van der Waals surface area contributed by atoms with E-state index in [9.17, 15) is 0 Å². The predicted molar refractivity (Wildman–Crippen MR) is 77.3 cm³/mol. The van der Waals surface area contributed by atoms with Gasteiger partial charge in [-0.25, -0.2) is 0 Å². The first-order valence-electron chi connectivity index (χ1n) is 6.37. The van der Waals surface area contributed by atoms with Crippen LogP contribution in [0, 0.1) is 0 Å². The van der Waals surface area contributed by atoms with Gasteiger partial charge in [0.05, 0.1) is 5.69 Å². The zero-order valence-corrected chi connectivity index (χ0v) is 12.9. The Labute approximate surface area is 117 Å². The fourth-order valence-corrected chi connectivity index (χ4v) is 1.79. The third kappa shape index (κ3) is 6.98. The minimum absolute atomic E-state index is 0.308. The van der Waals surface area contributed by atoms with Gasteiger partial charge < -0.3 is 4.74 Å². The highest BCUT2D eigenvalue weighted by atomic mass is 127. The molecule has 0 amide bonds. The Balaban J connectivity index is 2.12. The third-order valence-corrected chi connectivity index (χ3v) is 2.86. The number of hydrogen-bond acceptors (Lipinski definition) is 3. The van der Waals surface area contributed by atoms with Gasteiger partial charge in [-0.3, -0.25) is 4.68 Å². The fraction of sp³-hybridized carbons (Fsp3) is 0.833. The van der Waals surface area contributed by atoms with Crippen molar-refractivity contribution in [3.05, 3.63) is 11.9 Å². The standard InChI is InChI=1S/C12H22IN3O/c1-3-4-8-16-10-12(14-15-16)7-5-6-9-17-11(2)13/h10-11H,3-9H2,1-2H3. The summed E-state index contributed by atoms with van der Waals surface area (Å²) in [5, 5.41) is 8.29. The van der Waals surface area contributed by atoms with Gasteiger partial charge in [-0.05, 0) is 32.6 Å². The van der Waals surface area contributed by atoms with Gasteiger partial charge >= 0.3 is 0 Å². The van der Waals surface area contributed by atoms with Crippen LogP contribution >= 0.6 is 22.6 Å². The number of ether oxygens (including phenoxy) is 1. The second-order valence-electron chi connectivity index (χ2n) is 4.20. The Bertz CT molecular complexity index is 302. The number of hydrogen-bond donors (Lipinski definition) is 0. The number of nitrogens with zero attached hydrogens (tertiary/aromatic N) is 3. The lowest BCUT2D eigenvalue weighted by atomic mass is 10.2. The van der Waals surface area contributed by atoms with Crippen molar-refractivity contribution in [1.82, 2.24) is 15.0 Å². The lowest BCUT2D eigenvalue weighted by molar-refractivity contribution is 0.130. The number of aromatic nitrogens is 3. The first-order chi connectivity index (χ1) is 8.22. The molecule has 0 spiro atoms. The Hall–Kier alpha value is -0.170. The Morgan fingerprint density at radius 1 is 1.41 bits per heavy atom. The molecule has 1 aromatic rings. The van der Waals surface area contributed by atoms with E-state index in [1.165, 1.54) is 12.8 Å². The van der Waals surface area contributed by atoms with Crippen LogP contribution in [-0.4, -0.2) is 25.7 Å². The van der Waals surface area contributed by atoms with E-state index in [1.54, 1.807) is 0 Å². The molecule has 4 nitrogen and oxygen atoms in total. The van der Waals surface area contributed by atoms with E-state index in [0.29, 0.717) is 4.11 Å². The van der Waals surface area contributed by atoms with Gasteiger partial charge in [-0.1, -0.05) is 41.1 Å². The predicted octanol–water partition coefficient (Wildman–Crippen LogP) is 3.20. The molecular formula is C12H22IN3O. The first kappa shape index (κ1) is 14.9. The number of aryl methyl sites for hydroxylation is 2. The number of rotatable bonds is 9. The Kier molecular flexibility index (Phi) is 7.75. The van der Waals surface area contributed by atoms with Crippen molar-refractivity contribution in [2.24, 2.45) is 0 Å². The maximum Gasteiger partial charge on any atom is 0.106 e. The van der Waals surface area contributed by atoms with Gasteiger partial charge in [0, 0.05) is 19.3 Å². The van der Waals surface area contributed by atoms with E-state index in [-0.39, 0.29) is 0 Å². The highest BCUT2D eigenvalue weighted by molar-refractivity contribution is 14.1. The molecule has 0 aliphatic carbocycles. The molecule has 5 heteroatoms. The summed E-state index contributed by atoms with van der Waals surface area (Å²) in [4.78, 5) is 0. The van der Waals surface area contributed by atoms with Crippen LogP contribution in [0.15, 0.2) is 6.20 Å². The maximum absolute atomic E-state index is 5.48. The Morgan fingerprint density at radius 2 is 2.24 bits per heavy atom. The molecule has 0 radical (unpaired) electrons. The average Bonchev–Trinajstić information content (AvgIpc) is 2.73. The second-order valence-corrected chi connectivity index (χ2v) is 5.95. The smallest absolute Gasteiger partial charge is 0.106 e. The van der Waals surface area contributed by atoms with Crippen LogP contribution in [0.3, 0.4) is 0 Å². The van der Waals surface area contributed by atoms with Gasteiger partial charge in [-0.15, -0.1) is 5.10 Å². The average molecular weight is 351 g/mol. The molecule has 1 aromatic heterocycles. The van der Waals surface area contributed by atoms with Crippen molar-refractivity contribution in [3.8, 4) is 0 Å². The third-order valence-electron chi connectivity index (χ3n) is 2.50. The summed E-state index contributed by atoms with van der Waals surface area (Å²) in [6.07, 6.45) is 7.65. The van der Waals surface area contributed by atoms with E-state index < -0.39 is 0 Å². The van der Waals surface area contributed by atoms with Crippen LogP contribution in [0.4, 0.5) is 0 Å². The molecule has 0 aliphatic rings. The van der Waals surface area contributed by atoms with E-state index in [2.05, 4.69) is 52.9 Å². The van der Waals surface area contributed by atoms with Gasteiger partial charge in [0.1, 0.15) is 4.11 Å². The van der Waals surface area contributed by atoms with Gasteiger partial charge in [0.15, 0.2) is 0 Å². The molecule has 1 rings (SSSR count). The minimum atomic E-state index is 0.308. The molecule has 0 bridgehead atoms. The summed E-state index contributed by atoms with van der Waals surface area (Å²) in [6, 6.07) is 0. The topological polar surface area (TPSA) is 39.9 Å². The zero-order chi connectivity index (χ0) is 12.5. The highest BCUT2D eigenvalue weighted by Crippen LogP contribution is 2.05. The molecule has 0 saturated heterocycles. The fourth-order valence-electron chi connectivity index (χ4n) is 1.54. The molecule has 1 unspecified atom stereocenters. The largest absolute Gasteiger partial charge is 0.368 e. The quantitative estimate of drug-likeness (QED) is 0.390. The molecule has 1 heterocycles. The van der Waals surface area contributed by atoms with Crippen molar-refractivity contribution in [1.29, 1.82) is 0 Å². The van der Waals surface area contributed by atoms with Crippen LogP contribution in [0.5, 0.6) is 0 Å². The van der Waals surface area contributed by atoms with Crippen LogP contribution in [0.2, 0.25) is 0 Å². The number of halogens is 1. The summed E-state index contributed by atoms with van der Waals surface area (Å²) >= 11 is 2.27. The molecule has 98 valence electrons. The van der Waals surface area contributed by atoms with Crippen LogP contribution in [-0.2, 0) is 17.7 Å². The normalized spacial score (nSPS) is 12.9. The second kappa shape index (κ2) is 8.85. The lowest BCUT2D eigenvalue weighted by Gasteiger charge is -2.04. The van der Waals surface area contributed by atoms with Crippen molar-refractivity contribution in [2.45, 2.75) is 56.6 Å². The Morgan fingerprint density at radius 3 is 2.94 bits per heavy atom. The molecule has 1 atom stereocenters. The minimum Gasteiger partial charge on any atom is -0.368 e. The SMILES string of the molecule is CCCCn1cc(CCCCOC(C)I)nn1. The first-order valence-corrected chi connectivity index (χ1v) is 7.61. The molecular weight excluding hydrogens is 329 g/mol. The van der Waals surface area contributed by atoms with Crippen LogP contribution in [0.1, 0.15) is 45.2 Å². The van der Waals surface area contributed by atoms with Crippen molar-refractivity contribution < 1.29 is 4.74 Å². The summed E-state index contributed by atoms with van der Waals surface area (Å²) in [7, 11) is 0. The molecule has 0 N–H and O–H groups in total. The van der Waals surface area contributed by atoms with Gasteiger partial charge in [0.2, 0.25) is 0 Å². The summed E-state index contributed by atoms with van der Waals surface area (Å²) < 4.78 is 7.74. The molecule has 0 aliphatic heterocycles. The maximum atomic E-state index is 5.48. The molecule has 0 saturated carbocycles. The van der Waals surface area contributed by atoms with Crippen LogP contribution in [0.25, 0.3) is 0 Å². The molecule has 17 heavy (non-hydrogen) atoms. The van der Waals surface area contributed by atoms with E-state index in [0.717, 1.165) is 38.1 Å².